The highest BCUT2D eigenvalue weighted by Gasteiger charge is 2.14. The maximum Gasteiger partial charge on any atom is 0.246 e. The monoisotopic (exact) mass is 364 g/mol. The Bertz CT molecular complexity index is 1070. The summed E-state index contributed by atoms with van der Waals surface area (Å²) >= 11 is 0. The molecule has 0 unspecified atom stereocenters. The zero-order valence-corrected chi connectivity index (χ0v) is 15.4. The maximum atomic E-state index is 5.25. The molecule has 0 aliphatic carbocycles. The summed E-state index contributed by atoms with van der Waals surface area (Å²) < 4.78 is 12.1. The standard InChI is InChI=1S/C19H20N6O2/c1-12-13(2)23-25-17(20-10-18-22-16(11-26-3)24-27-18)9-15(21-19(12)25)14-7-5-4-6-8-14/h4-9,20H,10-11H2,1-3H3. The molecule has 0 spiro atoms. The molecule has 0 radical (unpaired) electrons. The lowest BCUT2D eigenvalue weighted by Crippen LogP contribution is -2.07. The van der Waals surface area contributed by atoms with Crippen LogP contribution >= 0.6 is 0 Å². The Morgan fingerprint density at radius 2 is 1.96 bits per heavy atom. The maximum absolute atomic E-state index is 5.25. The van der Waals surface area contributed by atoms with Crippen molar-refractivity contribution in [2.24, 2.45) is 0 Å². The second kappa shape index (κ2) is 7.16. The van der Waals surface area contributed by atoms with Crippen LogP contribution in [0.4, 0.5) is 5.82 Å². The van der Waals surface area contributed by atoms with Gasteiger partial charge in [0.25, 0.3) is 0 Å². The fraction of sp³-hybridized carbons (Fsp3) is 0.263. The van der Waals surface area contributed by atoms with Gasteiger partial charge >= 0.3 is 0 Å². The molecule has 0 saturated carbocycles. The van der Waals surface area contributed by atoms with Gasteiger partial charge in [-0.05, 0) is 13.8 Å². The third kappa shape index (κ3) is 3.39. The summed E-state index contributed by atoms with van der Waals surface area (Å²) in [6.07, 6.45) is 0. The average molecular weight is 364 g/mol. The van der Waals surface area contributed by atoms with Gasteiger partial charge in [0.05, 0.1) is 17.9 Å². The molecule has 0 aliphatic heterocycles. The normalized spacial score (nSPS) is 11.2. The van der Waals surface area contributed by atoms with Crippen LogP contribution in [0.5, 0.6) is 0 Å². The van der Waals surface area contributed by atoms with Crippen LogP contribution in [-0.4, -0.2) is 31.8 Å². The molecule has 0 amide bonds. The van der Waals surface area contributed by atoms with E-state index in [1.54, 1.807) is 7.11 Å². The van der Waals surface area contributed by atoms with Crippen molar-refractivity contribution in [2.45, 2.75) is 27.0 Å². The van der Waals surface area contributed by atoms with Gasteiger partial charge in [0, 0.05) is 24.3 Å². The predicted octanol–water partition coefficient (Wildman–Crippen LogP) is 3.15. The molecule has 138 valence electrons. The van der Waals surface area contributed by atoms with Crippen molar-refractivity contribution in [1.29, 1.82) is 0 Å². The van der Waals surface area contributed by atoms with Crippen LogP contribution in [0.15, 0.2) is 40.9 Å². The molecule has 8 nitrogen and oxygen atoms in total. The Morgan fingerprint density at radius 3 is 2.74 bits per heavy atom. The van der Waals surface area contributed by atoms with E-state index in [-0.39, 0.29) is 0 Å². The fourth-order valence-corrected chi connectivity index (χ4v) is 2.83. The first-order chi connectivity index (χ1) is 13.2. The van der Waals surface area contributed by atoms with E-state index in [2.05, 4.69) is 20.6 Å². The number of anilines is 1. The van der Waals surface area contributed by atoms with Gasteiger partial charge in [-0.2, -0.15) is 14.6 Å². The summed E-state index contributed by atoms with van der Waals surface area (Å²) in [6.45, 7) is 4.70. The molecule has 8 heteroatoms. The average Bonchev–Trinajstić information content (AvgIpc) is 3.25. The van der Waals surface area contributed by atoms with Crippen LogP contribution in [0.25, 0.3) is 16.9 Å². The van der Waals surface area contributed by atoms with Crippen molar-refractivity contribution in [1.82, 2.24) is 24.7 Å². The Labute approximate surface area is 156 Å². The van der Waals surface area contributed by atoms with E-state index in [1.807, 2.05) is 54.8 Å². The van der Waals surface area contributed by atoms with Crippen LogP contribution < -0.4 is 5.32 Å². The minimum atomic E-state index is 0.318. The zero-order valence-electron chi connectivity index (χ0n) is 15.4. The Hall–Kier alpha value is -3.26. The highest BCUT2D eigenvalue weighted by Crippen LogP contribution is 2.25. The number of nitrogens with one attached hydrogen (secondary N) is 1. The lowest BCUT2D eigenvalue weighted by molar-refractivity contribution is 0.174. The third-order valence-electron chi connectivity index (χ3n) is 4.33. The van der Waals surface area contributed by atoms with Crippen LogP contribution in [0.2, 0.25) is 0 Å². The van der Waals surface area contributed by atoms with E-state index in [1.165, 1.54) is 0 Å². The molecule has 3 heterocycles. The number of methoxy groups -OCH3 is 1. The molecule has 0 bridgehead atoms. The number of rotatable bonds is 6. The van der Waals surface area contributed by atoms with Gasteiger partial charge in [0.2, 0.25) is 5.89 Å². The minimum absolute atomic E-state index is 0.318. The first-order valence-electron chi connectivity index (χ1n) is 8.62. The van der Waals surface area contributed by atoms with Gasteiger partial charge in [-0.1, -0.05) is 35.5 Å². The smallest absolute Gasteiger partial charge is 0.246 e. The third-order valence-corrected chi connectivity index (χ3v) is 4.33. The van der Waals surface area contributed by atoms with Crippen molar-refractivity contribution in [3.63, 3.8) is 0 Å². The SMILES string of the molecule is COCc1noc(CNc2cc(-c3ccccc3)nc3c(C)c(C)nn23)n1. The number of nitrogens with zero attached hydrogens (tertiary/aromatic N) is 5. The lowest BCUT2D eigenvalue weighted by Gasteiger charge is -2.09. The lowest BCUT2D eigenvalue weighted by atomic mass is 10.1. The van der Waals surface area contributed by atoms with Crippen molar-refractivity contribution < 1.29 is 9.26 Å². The molecule has 0 fully saturated rings. The number of benzene rings is 1. The molecule has 4 aromatic rings. The van der Waals surface area contributed by atoms with E-state index in [9.17, 15) is 0 Å². The highest BCUT2D eigenvalue weighted by atomic mass is 16.5. The van der Waals surface area contributed by atoms with E-state index < -0.39 is 0 Å². The quantitative estimate of drug-likeness (QED) is 0.562. The topological polar surface area (TPSA) is 90.4 Å². The number of fused-ring (bicyclic) bond motifs is 1. The largest absolute Gasteiger partial charge is 0.377 e. The summed E-state index contributed by atoms with van der Waals surface area (Å²) in [4.78, 5) is 9.09. The van der Waals surface area contributed by atoms with E-state index in [0.29, 0.717) is 24.9 Å². The minimum Gasteiger partial charge on any atom is -0.377 e. The van der Waals surface area contributed by atoms with Crippen LogP contribution in [-0.2, 0) is 17.9 Å². The van der Waals surface area contributed by atoms with Crippen molar-refractivity contribution in [3.05, 3.63) is 59.4 Å². The van der Waals surface area contributed by atoms with Crippen LogP contribution in [0, 0.1) is 13.8 Å². The van der Waals surface area contributed by atoms with E-state index in [4.69, 9.17) is 14.2 Å². The first kappa shape index (κ1) is 17.2. The van der Waals surface area contributed by atoms with Crippen molar-refractivity contribution in [2.75, 3.05) is 12.4 Å². The second-order valence-corrected chi connectivity index (χ2v) is 6.23. The zero-order chi connectivity index (χ0) is 18.8. The Balaban J connectivity index is 1.70. The predicted molar refractivity (Wildman–Crippen MR) is 100 cm³/mol. The van der Waals surface area contributed by atoms with Gasteiger partial charge in [-0.3, -0.25) is 0 Å². The fourth-order valence-electron chi connectivity index (χ4n) is 2.83. The van der Waals surface area contributed by atoms with E-state index >= 15 is 0 Å². The molecule has 27 heavy (non-hydrogen) atoms. The molecule has 0 aliphatic rings. The number of aryl methyl sites for hydroxylation is 2. The summed E-state index contributed by atoms with van der Waals surface area (Å²) in [5.74, 6) is 1.81. The number of aromatic nitrogens is 5. The molecule has 3 aromatic heterocycles. The van der Waals surface area contributed by atoms with Gasteiger partial charge in [-0.15, -0.1) is 0 Å². The Morgan fingerprint density at radius 1 is 1.15 bits per heavy atom. The molecule has 1 N–H and O–H groups in total. The summed E-state index contributed by atoms with van der Waals surface area (Å²) in [5, 5.41) is 11.8. The second-order valence-electron chi connectivity index (χ2n) is 6.23. The van der Waals surface area contributed by atoms with Crippen LogP contribution in [0.3, 0.4) is 0 Å². The van der Waals surface area contributed by atoms with Gasteiger partial charge in [0.1, 0.15) is 12.4 Å². The number of ether oxygens (including phenoxy) is 1. The first-order valence-corrected chi connectivity index (χ1v) is 8.62. The van der Waals surface area contributed by atoms with E-state index in [0.717, 1.165) is 34.0 Å². The van der Waals surface area contributed by atoms with Crippen molar-refractivity contribution in [3.8, 4) is 11.3 Å². The summed E-state index contributed by atoms with van der Waals surface area (Å²) in [7, 11) is 1.59. The molecular formula is C19H20N6O2. The molecule has 0 atom stereocenters. The number of hydrogen-bond donors (Lipinski definition) is 1. The summed E-state index contributed by atoms with van der Waals surface area (Å²) in [6, 6.07) is 12.0. The molecule has 0 saturated heterocycles. The van der Waals surface area contributed by atoms with Crippen molar-refractivity contribution >= 4 is 11.5 Å². The number of hydrogen-bond acceptors (Lipinski definition) is 7. The molecular weight excluding hydrogens is 344 g/mol. The molecule has 1 aromatic carbocycles. The van der Waals surface area contributed by atoms with Gasteiger partial charge in [-0.25, -0.2) is 4.98 Å². The van der Waals surface area contributed by atoms with Crippen LogP contribution in [0.1, 0.15) is 23.0 Å². The van der Waals surface area contributed by atoms with Gasteiger partial charge < -0.3 is 14.6 Å². The highest BCUT2D eigenvalue weighted by molar-refractivity contribution is 5.68. The Kier molecular flexibility index (Phi) is 4.55. The molecule has 4 rings (SSSR count). The summed E-state index contributed by atoms with van der Waals surface area (Å²) in [5.41, 5.74) is 4.73. The van der Waals surface area contributed by atoms with Gasteiger partial charge in [0.15, 0.2) is 11.5 Å².